The summed E-state index contributed by atoms with van der Waals surface area (Å²) in [7, 11) is 0. The Kier molecular flexibility index (Phi) is 5.31. The number of benzene rings is 2. The molecular formula is C25H24N4O5. The smallest absolute Gasteiger partial charge is 0.293 e. The maximum absolute atomic E-state index is 12.8. The minimum Gasteiger partial charge on any atom is -0.506 e. The molecule has 3 heterocycles. The van der Waals surface area contributed by atoms with Crippen molar-refractivity contribution in [1.29, 1.82) is 0 Å². The van der Waals surface area contributed by atoms with Crippen LogP contribution in [0.1, 0.15) is 34.0 Å². The molecule has 2 N–H and O–H groups in total. The molecular weight excluding hydrogens is 436 g/mol. The summed E-state index contributed by atoms with van der Waals surface area (Å²) in [5.74, 6) is -0.303. The third kappa shape index (κ3) is 3.89. The number of aromatic hydroxyl groups is 1. The lowest BCUT2D eigenvalue weighted by molar-refractivity contribution is -0.384. The van der Waals surface area contributed by atoms with Crippen LogP contribution in [0.15, 0.2) is 59.4 Å². The lowest BCUT2D eigenvalue weighted by Crippen LogP contribution is -2.47. The number of pyridine rings is 1. The number of phenolic OH excluding ortho intramolecular Hbond substituents is 1. The van der Waals surface area contributed by atoms with Crippen LogP contribution in [0, 0.1) is 23.0 Å². The molecule has 2 aromatic carbocycles. The molecule has 0 spiro atoms. The molecule has 0 aliphatic carbocycles. The summed E-state index contributed by atoms with van der Waals surface area (Å²) < 4.78 is 1.82. The Morgan fingerprint density at radius 2 is 1.94 bits per heavy atom. The van der Waals surface area contributed by atoms with E-state index in [1.807, 2.05) is 22.5 Å². The van der Waals surface area contributed by atoms with Crippen LogP contribution in [0.3, 0.4) is 0 Å². The largest absolute Gasteiger partial charge is 0.506 e. The summed E-state index contributed by atoms with van der Waals surface area (Å²) in [6.45, 7) is 3.57. The minimum atomic E-state index is -0.544. The average Bonchev–Trinajstić information content (AvgIpc) is 2.81. The number of nitrogens with one attached hydrogen (secondary N) is 1. The van der Waals surface area contributed by atoms with Gasteiger partial charge in [0.05, 0.1) is 10.6 Å². The molecule has 0 saturated carbocycles. The van der Waals surface area contributed by atoms with Gasteiger partial charge in [-0.3, -0.25) is 19.7 Å². The molecule has 2 aliphatic heterocycles. The van der Waals surface area contributed by atoms with Crippen LogP contribution in [-0.2, 0) is 6.54 Å². The highest BCUT2D eigenvalue weighted by Gasteiger charge is 2.36. The first kappa shape index (κ1) is 21.7. The number of piperidine rings is 1. The fraction of sp³-hybridized carbons (Fsp3) is 0.280. The van der Waals surface area contributed by atoms with E-state index in [-0.39, 0.29) is 40.1 Å². The molecule has 174 valence electrons. The highest BCUT2D eigenvalue weighted by Crippen LogP contribution is 2.40. The zero-order valence-electron chi connectivity index (χ0n) is 18.6. The van der Waals surface area contributed by atoms with Crippen LogP contribution in [0.5, 0.6) is 5.75 Å². The van der Waals surface area contributed by atoms with Gasteiger partial charge in [-0.2, -0.15) is 0 Å². The van der Waals surface area contributed by atoms with E-state index in [2.05, 4.69) is 5.32 Å². The van der Waals surface area contributed by atoms with Crippen LogP contribution < -0.4 is 15.8 Å². The van der Waals surface area contributed by atoms with Gasteiger partial charge in [-0.25, -0.2) is 0 Å². The van der Waals surface area contributed by atoms with E-state index in [9.17, 15) is 24.8 Å². The zero-order chi connectivity index (χ0) is 24.0. The van der Waals surface area contributed by atoms with E-state index in [0.29, 0.717) is 25.3 Å². The average molecular weight is 460 g/mol. The van der Waals surface area contributed by atoms with Crippen LogP contribution in [0.4, 0.5) is 17.1 Å². The maximum Gasteiger partial charge on any atom is 0.293 e. The molecule has 2 unspecified atom stereocenters. The van der Waals surface area contributed by atoms with Crippen LogP contribution in [-0.4, -0.2) is 33.6 Å². The van der Waals surface area contributed by atoms with Gasteiger partial charge in [0.15, 0.2) is 0 Å². The first-order chi connectivity index (χ1) is 16.3. The first-order valence-corrected chi connectivity index (χ1v) is 11.1. The number of fused-ring (bicyclic) bond motifs is 4. The number of carbonyl (C=O) groups is 1. The van der Waals surface area contributed by atoms with Gasteiger partial charge in [-0.15, -0.1) is 0 Å². The summed E-state index contributed by atoms with van der Waals surface area (Å²) in [5, 5.41) is 24.6. The van der Waals surface area contributed by atoms with Crippen molar-refractivity contribution in [2.75, 3.05) is 23.3 Å². The predicted molar refractivity (Wildman–Crippen MR) is 128 cm³/mol. The second-order valence-corrected chi connectivity index (χ2v) is 9.04. The molecule has 5 rings (SSSR count). The summed E-state index contributed by atoms with van der Waals surface area (Å²) in [6, 6.07) is 14.6. The van der Waals surface area contributed by atoms with Gasteiger partial charge in [0.1, 0.15) is 11.4 Å². The van der Waals surface area contributed by atoms with E-state index >= 15 is 0 Å². The van der Waals surface area contributed by atoms with Gasteiger partial charge in [-0.05, 0) is 55.2 Å². The Bertz CT molecular complexity index is 1370. The van der Waals surface area contributed by atoms with Crippen molar-refractivity contribution in [1.82, 2.24) is 4.57 Å². The van der Waals surface area contributed by atoms with Crippen LogP contribution >= 0.6 is 0 Å². The fourth-order valence-electron chi connectivity index (χ4n) is 5.11. The Labute approximate surface area is 195 Å². The molecule has 2 atom stereocenters. The molecule has 34 heavy (non-hydrogen) atoms. The van der Waals surface area contributed by atoms with E-state index < -0.39 is 10.8 Å². The third-order valence-electron chi connectivity index (χ3n) is 6.66. The number of nitro benzene ring substituents is 1. The van der Waals surface area contributed by atoms with Gasteiger partial charge in [0.2, 0.25) is 0 Å². The summed E-state index contributed by atoms with van der Waals surface area (Å²) in [4.78, 5) is 38.5. The fourth-order valence-corrected chi connectivity index (χ4v) is 5.11. The number of aromatic nitrogens is 1. The predicted octanol–water partition coefficient (Wildman–Crippen LogP) is 3.65. The number of anilines is 2. The van der Waals surface area contributed by atoms with E-state index in [1.165, 1.54) is 12.1 Å². The Morgan fingerprint density at radius 1 is 1.12 bits per heavy atom. The van der Waals surface area contributed by atoms with Crippen LogP contribution in [0.25, 0.3) is 0 Å². The summed E-state index contributed by atoms with van der Waals surface area (Å²) >= 11 is 0. The zero-order valence-corrected chi connectivity index (χ0v) is 18.6. The van der Waals surface area contributed by atoms with Crippen molar-refractivity contribution in [3.8, 4) is 5.75 Å². The van der Waals surface area contributed by atoms with Crippen molar-refractivity contribution in [3.63, 3.8) is 0 Å². The number of carbonyl (C=O) groups excluding carboxylic acids is 1. The van der Waals surface area contributed by atoms with E-state index in [0.717, 1.165) is 17.7 Å². The lowest BCUT2D eigenvalue weighted by atomic mass is 9.83. The molecule has 1 fully saturated rings. The number of nitrogens with zero attached hydrogens (tertiary/aromatic N) is 3. The molecule has 1 amide bonds. The van der Waals surface area contributed by atoms with Crippen LogP contribution in [0.2, 0.25) is 0 Å². The quantitative estimate of drug-likeness (QED) is 0.349. The molecule has 3 aromatic rings. The monoisotopic (exact) mass is 460 g/mol. The third-order valence-corrected chi connectivity index (χ3v) is 6.66. The maximum atomic E-state index is 12.8. The molecule has 0 radical (unpaired) electrons. The number of amides is 1. The Hall–Kier alpha value is -4.14. The van der Waals surface area contributed by atoms with Gasteiger partial charge in [0.25, 0.3) is 17.2 Å². The number of aryl methyl sites for hydroxylation is 1. The minimum absolute atomic E-state index is 0.0124. The molecule has 1 saturated heterocycles. The highest BCUT2D eigenvalue weighted by atomic mass is 16.6. The van der Waals surface area contributed by atoms with Gasteiger partial charge in [0, 0.05) is 48.9 Å². The molecule has 1 aromatic heterocycles. The second-order valence-electron chi connectivity index (χ2n) is 9.04. The van der Waals surface area contributed by atoms with Crippen molar-refractivity contribution < 1.29 is 14.8 Å². The standard InChI is InChI=1S/C25H24N4O5/c1-15-5-7-19(23(30)9-15)26-25(32)17-6-8-21(22(11-17)29(33)34)27-12-16-10-18(14-27)20-3-2-4-24(31)28(20)13-16/h2-9,11,16,18,30H,10,12-14H2,1H3,(H,26,32). The topological polar surface area (TPSA) is 118 Å². The molecule has 2 bridgehead atoms. The Morgan fingerprint density at radius 3 is 2.71 bits per heavy atom. The summed E-state index contributed by atoms with van der Waals surface area (Å²) in [6.07, 6.45) is 0.939. The number of phenols is 1. The van der Waals surface area contributed by atoms with E-state index in [4.69, 9.17) is 0 Å². The van der Waals surface area contributed by atoms with Gasteiger partial charge < -0.3 is 19.9 Å². The highest BCUT2D eigenvalue weighted by molar-refractivity contribution is 6.05. The van der Waals surface area contributed by atoms with Crippen molar-refractivity contribution >= 4 is 23.0 Å². The van der Waals surface area contributed by atoms with Gasteiger partial charge >= 0.3 is 0 Å². The van der Waals surface area contributed by atoms with Crippen molar-refractivity contribution in [2.24, 2.45) is 5.92 Å². The second kappa shape index (κ2) is 8.33. The summed E-state index contributed by atoms with van der Waals surface area (Å²) in [5.41, 5.74) is 2.47. The lowest BCUT2D eigenvalue weighted by Gasteiger charge is -2.43. The number of hydrogen-bond acceptors (Lipinski definition) is 6. The van der Waals surface area contributed by atoms with Crippen molar-refractivity contribution in [3.05, 3.63) is 91.9 Å². The molecule has 9 heteroatoms. The normalized spacial score (nSPS) is 18.8. The number of rotatable bonds is 4. The van der Waals surface area contributed by atoms with Gasteiger partial charge in [-0.1, -0.05) is 12.1 Å². The van der Waals surface area contributed by atoms with E-state index in [1.54, 1.807) is 36.4 Å². The number of nitro groups is 1. The number of hydrogen-bond donors (Lipinski definition) is 2. The van der Waals surface area contributed by atoms with Crippen molar-refractivity contribution in [2.45, 2.75) is 25.8 Å². The first-order valence-electron chi connectivity index (χ1n) is 11.1. The Balaban J connectivity index is 1.43. The SMILES string of the molecule is Cc1ccc(NC(=O)c2ccc(N3CC4CC(C3)c3cccc(=O)n3C4)c([N+](=O)[O-])c2)c(O)c1. The molecule has 9 nitrogen and oxygen atoms in total. The molecule has 2 aliphatic rings.